The average Bonchev–Trinajstić information content (AvgIpc) is 3.22. The molecule has 4 rings (SSSR count). The lowest BCUT2D eigenvalue weighted by Gasteiger charge is -2.14. The second kappa shape index (κ2) is 12.0. The van der Waals surface area contributed by atoms with Gasteiger partial charge in [0.2, 0.25) is 0 Å². The molecule has 2 aromatic carbocycles. The number of ether oxygens (including phenoxy) is 2. The van der Waals surface area contributed by atoms with Gasteiger partial charge in [0.15, 0.2) is 0 Å². The Morgan fingerprint density at radius 3 is 2.69 bits per heavy atom. The molecule has 0 unspecified atom stereocenters. The number of aryl methyl sites for hydroxylation is 2. The Balaban J connectivity index is 1.46. The van der Waals surface area contributed by atoms with Gasteiger partial charge >= 0.3 is 0 Å². The molecule has 0 spiro atoms. The summed E-state index contributed by atoms with van der Waals surface area (Å²) in [6.07, 6.45) is 1.55. The molecule has 0 radical (unpaired) electrons. The van der Waals surface area contributed by atoms with Crippen molar-refractivity contribution in [3.63, 3.8) is 0 Å². The molecular weight excluding hydrogens is 457 g/mol. The van der Waals surface area contributed by atoms with Crippen LogP contribution in [0.3, 0.4) is 0 Å². The van der Waals surface area contributed by atoms with Crippen molar-refractivity contribution < 1.29 is 13.9 Å². The van der Waals surface area contributed by atoms with Crippen molar-refractivity contribution in [3.05, 3.63) is 71.4 Å². The highest BCUT2D eigenvalue weighted by Gasteiger charge is 2.13. The molecule has 190 valence electrons. The van der Waals surface area contributed by atoms with Crippen LogP contribution in [-0.2, 0) is 17.8 Å². The van der Waals surface area contributed by atoms with Gasteiger partial charge in [0.1, 0.15) is 23.7 Å². The van der Waals surface area contributed by atoms with Gasteiger partial charge in [-0.2, -0.15) is 0 Å². The maximum absolute atomic E-state index is 14.6. The Bertz CT molecular complexity index is 1320. The summed E-state index contributed by atoms with van der Waals surface area (Å²) < 4.78 is 27.6. The summed E-state index contributed by atoms with van der Waals surface area (Å²) in [7, 11) is 1.69. The summed E-state index contributed by atoms with van der Waals surface area (Å²) in [5.41, 5.74) is 5.60. The highest BCUT2D eigenvalue weighted by molar-refractivity contribution is 5.85. The minimum absolute atomic E-state index is 0.199. The van der Waals surface area contributed by atoms with Gasteiger partial charge in [0.05, 0.1) is 24.4 Å². The highest BCUT2D eigenvalue weighted by atomic mass is 19.1. The quantitative estimate of drug-likeness (QED) is 0.269. The van der Waals surface area contributed by atoms with Crippen LogP contribution in [-0.4, -0.2) is 47.9 Å². The van der Waals surface area contributed by atoms with Crippen molar-refractivity contribution in [2.24, 2.45) is 0 Å². The molecule has 0 fully saturated rings. The third-order valence-corrected chi connectivity index (χ3v) is 6.20. The van der Waals surface area contributed by atoms with E-state index in [-0.39, 0.29) is 5.82 Å². The molecule has 36 heavy (non-hydrogen) atoms. The first-order valence-electron chi connectivity index (χ1n) is 12.3. The first-order chi connectivity index (χ1) is 17.5. The van der Waals surface area contributed by atoms with Crippen molar-refractivity contribution >= 4 is 16.7 Å². The molecule has 2 N–H and O–H groups in total. The number of methoxy groups -OCH3 is 1. The number of nitrogens with one attached hydrogen (secondary N) is 2. The molecule has 0 atom stereocenters. The van der Waals surface area contributed by atoms with Gasteiger partial charge in [0, 0.05) is 61.6 Å². The van der Waals surface area contributed by atoms with Crippen LogP contribution in [0.4, 0.5) is 10.2 Å². The van der Waals surface area contributed by atoms with Gasteiger partial charge in [-0.3, -0.25) is 0 Å². The monoisotopic (exact) mass is 491 g/mol. The van der Waals surface area contributed by atoms with Crippen LogP contribution in [0.1, 0.15) is 23.7 Å². The van der Waals surface area contributed by atoms with Gasteiger partial charge in [-0.05, 0) is 44.5 Å². The normalized spacial score (nSPS) is 11.2. The maximum Gasteiger partial charge on any atom is 0.147 e. The lowest BCUT2D eigenvalue weighted by molar-refractivity contribution is 0.199. The predicted octanol–water partition coefficient (Wildman–Crippen LogP) is 5.10. The zero-order valence-corrected chi connectivity index (χ0v) is 21.4. The second-order valence-electron chi connectivity index (χ2n) is 8.70. The molecule has 8 heteroatoms. The molecule has 2 heterocycles. The molecule has 0 bridgehead atoms. The SMILES string of the molecule is CCOc1cc(-c2cc(NCCn3c(C)cc4c(C)ccc(F)c43)ncn2)ccc1CNCCOC. The Morgan fingerprint density at radius 2 is 1.89 bits per heavy atom. The Hall–Kier alpha value is -3.49. The Morgan fingerprint density at radius 1 is 1.03 bits per heavy atom. The third kappa shape index (κ3) is 5.83. The van der Waals surface area contributed by atoms with Crippen LogP contribution in [0.15, 0.2) is 48.8 Å². The second-order valence-corrected chi connectivity index (χ2v) is 8.70. The molecule has 0 aliphatic carbocycles. The van der Waals surface area contributed by atoms with Crippen molar-refractivity contribution in [3.8, 4) is 17.0 Å². The summed E-state index contributed by atoms with van der Waals surface area (Å²) in [5.74, 6) is 1.35. The van der Waals surface area contributed by atoms with Crippen LogP contribution in [0, 0.1) is 19.7 Å². The van der Waals surface area contributed by atoms with Crippen LogP contribution in [0.5, 0.6) is 5.75 Å². The number of benzene rings is 2. The lowest BCUT2D eigenvalue weighted by atomic mass is 10.1. The van der Waals surface area contributed by atoms with E-state index in [1.165, 1.54) is 6.07 Å². The van der Waals surface area contributed by atoms with E-state index in [2.05, 4.69) is 26.7 Å². The Labute approximate surface area is 211 Å². The summed E-state index contributed by atoms with van der Waals surface area (Å²) in [6.45, 7) is 9.93. The molecular formula is C28H34FN5O2. The van der Waals surface area contributed by atoms with Gasteiger partial charge in [0.25, 0.3) is 0 Å². The first kappa shape index (κ1) is 25.6. The van der Waals surface area contributed by atoms with Crippen molar-refractivity contribution in [2.45, 2.75) is 33.9 Å². The predicted molar refractivity (Wildman–Crippen MR) is 142 cm³/mol. The topological polar surface area (TPSA) is 73.2 Å². The van der Waals surface area contributed by atoms with Gasteiger partial charge in [-0.25, -0.2) is 14.4 Å². The van der Waals surface area contributed by atoms with E-state index in [1.807, 2.05) is 55.7 Å². The third-order valence-electron chi connectivity index (χ3n) is 6.20. The van der Waals surface area contributed by atoms with Gasteiger partial charge in [-0.15, -0.1) is 0 Å². The molecule has 0 saturated heterocycles. The van der Waals surface area contributed by atoms with Crippen LogP contribution >= 0.6 is 0 Å². The number of halogens is 1. The summed E-state index contributed by atoms with van der Waals surface area (Å²) >= 11 is 0. The number of hydrogen-bond donors (Lipinski definition) is 2. The van der Waals surface area contributed by atoms with Crippen molar-refractivity contribution in [1.82, 2.24) is 19.9 Å². The zero-order chi connectivity index (χ0) is 25.5. The average molecular weight is 492 g/mol. The fourth-order valence-corrected chi connectivity index (χ4v) is 4.34. The van der Waals surface area contributed by atoms with Crippen LogP contribution in [0.25, 0.3) is 22.2 Å². The van der Waals surface area contributed by atoms with E-state index in [4.69, 9.17) is 9.47 Å². The molecule has 4 aromatic rings. The number of aromatic nitrogens is 3. The van der Waals surface area contributed by atoms with E-state index >= 15 is 0 Å². The van der Waals surface area contributed by atoms with E-state index in [0.717, 1.165) is 45.8 Å². The number of nitrogens with zero attached hydrogens (tertiary/aromatic N) is 3. The number of anilines is 1. The molecule has 0 saturated carbocycles. The van der Waals surface area contributed by atoms with E-state index in [1.54, 1.807) is 13.4 Å². The molecule has 0 aliphatic heterocycles. The number of fused-ring (bicyclic) bond motifs is 1. The maximum atomic E-state index is 14.6. The summed E-state index contributed by atoms with van der Waals surface area (Å²) in [4.78, 5) is 8.84. The van der Waals surface area contributed by atoms with Gasteiger partial charge in [-0.1, -0.05) is 18.2 Å². The smallest absolute Gasteiger partial charge is 0.147 e. The van der Waals surface area contributed by atoms with Crippen molar-refractivity contribution in [1.29, 1.82) is 0 Å². The standard InChI is InChI=1S/C28H34FN5O2/c1-5-36-26-15-21(7-8-22(26)17-30-11-13-35-4)25-16-27(33-18-32-25)31-10-12-34-20(3)14-23-19(2)6-9-24(29)28(23)34/h6-9,14-16,18,30H,5,10-13,17H2,1-4H3,(H,31,32,33). The van der Waals surface area contributed by atoms with E-state index in [0.29, 0.717) is 44.2 Å². The molecule has 2 aromatic heterocycles. The summed E-state index contributed by atoms with van der Waals surface area (Å²) in [5, 5.41) is 7.68. The van der Waals surface area contributed by atoms with Crippen molar-refractivity contribution in [2.75, 3.05) is 38.7 Å². The lowest BCUT2D eigenvalue weighted by Crippen LogP contribution is -2.19. The number of hydrogen-bond acceptors (Lipinski definition) is 6. The minimum Gasteiger partial charge on any atom is -0.494 e. The van der Waals surface area contributed by atoms with Gasteiger partial charge < -0.3 is 24.7 Å². The van der Waals surface area contributed by atoms with Crippen LogP contribution in [0.2, 0.25) is 0 Å². The van der Waals surface area contributed by atoms with E-state index < -0.39 is 0 Å². The largest absolute Gasteiger partial charge is 0.494 e. The summed E-state index contributed by atoms with van der Waals surface area (Å²) in [6, 6.07) is 13.5. The van der Waals surface area contributed by atoms with E-state index in [9.17, 15) is 4.39 Å². The number of rotatable bonds is 12. The highest BCUT2D eigenvalue weighted by Crippen LogP contribution is 2.28. The van der Waals surface area contributed by atoms with Crippen LogP contribution < -0.4 is 15.4 Å². The first-order valence-corrected chi connectivity index (χ1v) is 12.3. The molecule has 7 nitrogen and oxygen atoms in total. The fourth-order valence-electron chi connectivity index (χ4n) is 4.34. The molecule has 0 amide bonds. The zero-order valence-electron chi connectivity index (χ0n) is 21.4. The fraction of sp³-hybridized carbons (Fsp3) is 0.357. The minimum atomic E-state index is -0.199. The molecule has 0 aliphatic rings. The Kier molecular flexibility index (Phi) is 8.51.